The summed E-state index contributed by atoms with van der Waals surface area (Å²) >= 11 is 0. The molecule has 1 aliphatic heterocycles. The van der Waals surface area contributed by atoms with E-state index in [-0.39, 0.29) is 0 Å². The highest BCUT2D eigenvalue weighted by Gasteiger charge is 2.21. The molecular formula is C12H27N3. The Balaban J connectivity index is 2.23. The van der Waals surface area contributed by atoms with E-state index in [4.69, 9.17) is 0 Å². The van der Waals surface area contributed by atoms with Crippen LogP contribution in [0.15, 0.2) is 0 Å². The van der Waals surface area contributed by atoms with E-state index in [0.717, 1.165) is 6.54 Å². The zero-order valence-electron chi connectivity index (χ0n) is 10.8. The van der Waals surface area contributed by atoms with Gasteiger partial charge in [0, 0.05) is 38.3 Å². The molecule has 0 aromatic carbocycles. The van der Waals surface area contributed by atoms with E-state index in [0.29, 0.717) is 12.1 Å². The minimum absolute atomic E-state index is 0.663. The molecular weight excluding hydrogens is 186 g/mol. The maximum absolute atomic E-state index is 3.64. The summed E-state index contributed by atoms with van der Waals surface area (Å²) in [5, 5.41) is 3.64. The maximum atomic E-state index is 3.64. The van der Waals surface area contributed by atoms with Crippen LogP contribution >= 0.6 is 0 Å². The first kappa shape index (κ1) is 12.9. The molecule has 0 amide bonds. The maximum Gasteiger partial charge on any atom is 0.0345 e. The van der Waals surface area contributed by atoms with Gasteiger partial charge in [-0.3, -0.25) is 4.90 Å². The summed E-state index contributed by atoms with van der Waals surface area (Å²) in [7, 11) is 4.46. The van der Waals surface area contributed by atoms with E-state index in [2.05, 4.69) is 43.1 Å². The summed E-state index contributed by atoms with van der Waals surface area (Å²) in [6.45, 7) is 9.27. The van der Waals surface area contributed by atoms with E-state index in [1.807, 2.05) is 0 Å². The van der Waals surface area contributed by atoms with Gasteiger partial charge in [-0.1, -0.05) is 13.3 Å². The standard InChI is InChI=1S/C12H27N3/c1-5-6-11(2)13-9-12-10-14(3)7-8-15(12)4/h11-13H,5-10H2,1-4H3. The molecule has 0 saturated carbocycles. The van der Waals surface area contributed by atoms with Crippen molar-refractivity contribution < 1.29 is 0 Å². The molecule has 3 heteroatoms. The van der Waals surface area contributed by atoms with Gasteiger partial charge < -0.3 is 10.2 Å². The van der Waals surface area contributed by atoms with Crippen LogP contribution in [-0.2, 0) is 0 Å². The Hall–Kier alpha value is -0.120. The Bertz CT molecular complexity index is 172. The molecule has 0 radical (unpaired) electrons. The van der Waals surface area contributed by atoms with Crippen molar-refractivity contribution in [3.63, 3.8) is 0 Å². The van der Waals surface area contributed by atoms with Gasteiger partial charge in [0.15, 0.2) is 0 Å². The molecule has 0 aromatic rings. The van der Waals surface area contributed by atoms with Crippen molar-refractivity contribution in [3.8, 4) is 0 Å². The lowest BCUT2D eigenvalue weighted by atomic mass is 10.1. The molecule has 1 fully saturated rings. The Labute approximate surface area is 94.8 Å². The second-order valence-corrected chi connectivity index (χ2v) is 4.99. The summed E-state index contributed by atoms with van der Waals surface area (Å²) in [6.07, 6.45) is 2.56. The minimum atomic E-state index is 0.663. The van der Waals surface area contributed by atoms with E-state index in [1.54, 1.807) is 0 Å². The predicted molar refractivity (Wildman–Crippen MR) is 66.3 cm³/mol. The number of hydrogen-bond donors (Lipinski definition) is 1. The number of likely N-dealkylation sites (N-methyl/N-ethyl adjacent to an activating group) is 2. The quantitative estimate of drug-likeness (QED) is 0.735. The van der Waals surface area contributed by atoms with E-state index < -0.39 is 0 Å². The van der Waals surface area contributed by atoms with Gasteiger partial charge in [-0.15, -0.1) is 0 Å². The molecule has 1 N–H and O–H groups in total. The van der Waals surface area contributed by atoms with Gasteiger partial charge in [0.2, 0.25) is 0 Å². The van der Waals surface area contributed by atoms with Crippen molar-refractivity contribution in [2.45, 2.75) is 38.8 Å². The summed E-state index contributed by atoms with van der Waals surface area (Å²) in [6, 6.07) is 1.35. The van der Waals surface area contributed by atoms with Gasteiger partial charge in [-0.2, -0.15) is 0 Å². The summed E-state index contributed by atoms with van der Waals surface area (Å²) < 4.78 is 0. The van der Waals surface area contributed by atoms with Crippen LogP contribution in [0.2, 0.25) is 0 Å². The summed E-state index contributed by atoms with van der Waals surface area (Å²) in [5.74, 6) is 0. The fraction of sp³-hybridized carbons (Fsp3) is 1.00. The van der Waals surface area contributed by atoms with Crippen LogP contribution in [0.1, 0.15) is 26.7 Å². The molecule has 1 rings (SSSR count). The van der Waals surface area contributed by atoms with Crippen molar-refractivity contribution >= 4 is 0 Å². The van der Waals surface area contributed by atoms with E-state index in [1.165, 1.54) is 32.5 Å². The topological polar surface area (TPSA) is 18.5 Å². The second-order valence-electron chi connectivity index (χ2n) is 4.99. The minimum Gasteiger partial charge on any atom is -0.313 e. The lowest BCUT2D eigenvalue weighted by molar-refractivity contribution is 0.111. The summed E-state index contributed by atoms with van der Waals surface area (Å²) in [4.78, 5) is 4.91. The monoisotopic (exact) mass is 213 g/mol. The number of nitrogens with one attached hydrogen (secondary N) is 1. The van der Waals surface area contributed by atoms with Crippen molar-refractivity contribution in [2.24, 2.45) is 0 Å². The van der Waals surface area contributed by atoms with Crippen LogP contribution in [0.25, 0.3) is 0 Å². The third-order valence-electron chi connectivity index (χ3n) is 3.40. The van der Waals surface area contributed by atoms with Crippen molar-refractivity contribution in [2.75, 3.05) is 40.3 Å². The average Bonchev–Trinajstić information content (AvgIpc) is 2.20. The average molecular weight is 213 g/mol. The molecule has 15 heavy (non-hydrogen) atoms. The van der Waals surface area contributed by atoms with Crippen molar-refractivity contribution in [1.29, 1.82) is 0 Å². The van der Waals surface area contributed by atoms with Crippen LogP contribution in [0.5, 0.6) is 0 Å². The van der Waals surface area contributed by atoms with Crippen molar-refractivity contribution in [3.05, 3.63) is 0 Å². The third-order valence-corrected chi connectivity index (χ3v) is 3.40. The van der Waals surface area contributed by atoms with Gasteiger partial charge in [-0.05, 0) is 27.4 Å². The number of piperazine rings is 1. The number of hydrogen-bond acceptors (Lipinski definition) is 3. The predicted octanol–water partition coefficient (Wildman–Crippen LogP) is 1.01. The smallest absolute Gasteiger partial charge is 0.0345 e. The normalized spacial score (nSPS) is 26.8. The van der Waals surface area contributed by atoms with Crippen molar-refractivity contribution in [1.82, 2.24) is 15.1 Å². The lowest BCUT2D eigenvalue weighted by Crippen LogP contribution is -2.54. The highest BCUT2D eigenvalue weighted by molar-refractivity contribution is 4.81. The lowest BCUT2D eigenvalue weighted by Gasteiger charge is -2.38. The number of rotatable bonds is 5. The van der Waals surface area contributed by atoms with Gasteiger partial charge >= 0.3 is 0 Å². The molecule has 1 saturated heterocycles. The van der Waals surface area contributed by atoms with Crippen LogP contribution in [0.4, 0.5) is 0 Å². The zero-order chi connectivity index (χ0) is 11.3. The Kier molecular flexibility index (Phi) is 5.58. The molecule has 1 heterocycles. The second kappa shape index (κ2) is 6.46. The Morgan fingerprint density at radius 1 is 1.33 bits per heavy atom. The largest absolute Gasteiger partial charge is 0.313 e. The molecule has 0 aromatic heterocycles. The molecule has 0 aliphatic carbocycles. The van der Waals surface area contributed by atoms with Gasteiger partial charge in [0.1, 0.15) is 0 Å². The highest BCUT2D eigenvalue weighted by Crippen LogP contribution is 2.05. The van der Waals surface area contributed by atoms with Crippen LogP contribution < -0.4 is 5.32 Å². The fourth-order valence-electron chi connectivity index (χ4n) is 2.19. The Morgan fingerprint density at radius 2 is 2.07 bits per heavy atom. The third kappa shape index (κ3) is 4.49. The first-order valence-electron chi connectivity index (χ1n) is 6.25. The zero-order valence-corrected chi connectivity index (χ0v) is 10.8. The van der Waals surface area contributed by atoms with Crippen LogP contribution in [-0.4, -0.2) is 62.2 Å². The number of nitrogens with zero attached hydrogens (tertiary/aromatic N) is 2. The molecule has 3 nitrogen and oxygen atoms in total. The van der Waals surface area contributed by atoms with Crippen LogP contribution in [0, 0.1) is 0 Å². The molecule has 2 atom stereocenters. The first-order chi connectivity index (χ1) is 7.13. The SMILES string of the molecule is CCCC(C)NCC1CN(C)CCN1C. The molecule has 1 aliphatic rings. The molecule has 0 bridgehead atoms. The highest BCUT2D eigenvalue weighted by atomic mass is 15.3. The van der Waals surface area contributed by atoms with E-state index >= 15 is 0 Å². The van der Waals surface area contributed by atoms with Gasteiger partial charge in [0.25, 0.3) is 0 Å². The Morgan fingerprint density at radius 3 is 2.73 bits per heavy atom. The molecule has 2 unspecified atom stereocenters. The van der Waals surface area contributed by atoms with Crippen LogP contribution in [0.3, 0.4) is 0 Å². The molecule has 90 valence electrons. The van der Waals surface area contributed by atoms with Gasteiger partial charge in [-0.25, -0.2) is 0 Å². The van der Waals surface area contributed by atoms with Gasteiger partial charge in [0.05, 0.1) is 0 Å². The molecule has 0 spiro atoms. The first-order valence-corrected chi connectivity index (χ1v) is 6.25. The van der Waals surface area contributed by atoms with E-state index in [9.17, 15) is 0 Å². The fourth-order valence-corrected chi connectivity index (χ4v) is 2.19. The summed E-state index contributed by atoms with van der Waals surface area (Å²) in [5.41, 5.74) is 0.